The molecule has 58 heavy (non-hydrogen) atoms. The molecule has 2 saturated carbocycles. The second-order valence-corrected chi connectivity index (χ2v) is 16.5. The van der Waals surface area contributed by atoms with Gasteiger partial charge in [0.25, 0.3) is 17.7 Å². The largest absolute Gasteiger partial charge is 0.490 e. The summed E-state index contributed by atoms with van der Waals surface area (Å²) < 4.78 is 21.5. The van der Waals surface area contributed by atoms with Gasteiger partial charge in [-0.15, -0.1) is 0 Å². The fraction of sp³-hybridized carbons (Fsp3) is 0.463. The zero-order valence-electron chi connectivity index (χ0n) is 31.5. The number of aromatic nitrogens is 2. The third-order valence-electron chi connectivity index (χ3n) is 12.6. The monoisotopic (exact) mass is 809 g/mol. The molecular weight excluding hydrogens is 769 g/mol. The molecule has 9 rings (SSSR count). The zero-order chi connectivity index (χ0) is 40.2. The molecule has 0 spiro atoms. The summed E-state index contributed by atoms with van der Waals surface area (Å²) in [5.41, 5.74) is 0.950. The van der Waals surface area contributed by atoms with Gasteiger partial charge in [-0.25, -0.2) is 14.4 Å². The number of nitriles is 1. The molecule has 2 aliphatic carbocycles. The quantitative estimate of drug-likeness (QED) is 0.302. The number of rotatable bonds is 9. The van der Waals surface area contributed by atoms with E-state index in [1.165, 1.54) is 6.07 Å². The second-order valence-electron chi connectivity index (χ2n) is 16.1. The minimum absolute atomic E-state index is 0.00726. The lowest BCUT2D eigenvalue weighted by molar-refractivity contribution is -0.136. The van der Waals surface area contributed by atoms with Crippen LogP contribution in [0.1, 0.15) is 75.3 Å². The maximum atomic E-state index is 15.4. The van der Waals surface area contributed by atoms with Crippen LogP contribution in [0.15, 0.2) is 42.7 Å². The topological polar surface area (TPSA) is 181 Å². The number of halogens is 2. The molecule has 5 amide bonds. The van der Waals surface area contributed by atoms with Crippen molar-refractivity contribution < 1.29 is 33.1 Å². The summed E-state index contributed by atoms with van der Waals surface area (Å²) in [6.45, 7) is 5.26. The van der Waals surface area contributed by atoms with Crippen LogP contribution in [0.3, 0.4) is 0 Å². The summed E-state index contributed by atoms with van der Waals surface area (Å²) in [4.78, 5) is 79.8. The van der Waals surface area contributed by atoms with Crippen LogP contribution in [-0.4, -0.2) is 113 Å². The summed E-state index contributed by atoms with van der Waals surface area (Å²) >= 11 is 6.14. The number of nitrogens with one attached hydrogen (secondary N) is 2. The van der Waals surface area contributed by atoms with Crippen LogP contribution in [-0.2, 0) is 9.59 Å². The predicted octanol–water partition coefficient (Wildman–Crippen LogP) is 3.17. The van der Waals surface area contributed by atoms with Gasteiger partial charge in [0.1, 0.15) is 35.2 Å². The normalized spacial score (nSPS) is 26.9. The first-order chi connectivity index (χ1) is 28.0. The van der Waals surface area contributed by atoms with Crippen LogP contribution in [0, 0.1) is 34.9 Å². The maximum Gasteiger partial charge on any atom is 0.271 e. The summed E-state index contributed by atoms with van der Waals surface area (Å²) in [6, 6.07) is 8.53. The first-order valence-electron chi connectivity index (χ1n) is 19.8. The van der Waals surface area contributed by atoms with Gasteiger partial charge in [-0.05, 0) is 74.1 Å². The summed E-state index contributed by atoms with van der Waals surface area (Å²) in [5.74, 6) is -0.341. The van der Waals surface area contributed by atoms with Gasteiger partial charge >= 0.3 is 0 Å². The number of piperazine rings is 1. The lowest BCUT2D eigenvalue weighted by atomic mass is 9.93. The van der Waals surface area contributed by atoms with E-state index < -0.39 is 35.5 Å². The number of fused-ring (bicyclic) bond motifs is 2. The van der Waals surface area contributed by atoms with Crippen LogP contribution in [0.25, 0.3) is 0 Å². The number of amides is 5. The number of hydrogen-bond donors (Lipinski definition) is 2. The van der Waals surface area contributed by atoms with Gasteiger partial charge in [0.2, 0.25) is 11.8 Å². The minimum atomic E-state index is -1.10. The molecule has 5 fully saturated rings. The molecule has 17 heteroatoms. The highest BCUT2D eigenvalue weighted by molar-refractivity contribution is 6.31. The summed E-state index contributed by atoms with van der Waals surface area (Å²) in [7, 11) is 0. The number of anilines is 2. The third kappa shape index (κ3) is 7.21. The van der Waals surface area contributed by atoms with Crippen molar-refractivity contribution in [2.75, 3.05) is 55.6 Å². The van der Waals surface area contributed by atoms with Crippen LogP contribution >= 0.6 is 11.6 Å². The fourth-order valence-electron chi connectivity index (χ4n) is 9.34. The smallest absolute Gasteiger partial charge is 0.271 e. The number of hydrogen-bond acceptors (Lipinski definition) is 12. The van der Waals surface area contributed by atoms with E-state index in [1.54, 1.807) is 30.6 Å². The summed E-state index contributed by atoms with van der Waals surface area (Å²) in [6.07, 6.45) is 6.38. The number of imide groups is 2. The fourth-order valence-corrected chi connectivity index (χ4v) is 9.55. The molecule has 4 atom stereocenters. The van der Waals surface area contributed by atoms with Crippen molar-refractivity contribution in [1.29, 1.82) is 5.26 Å². The number of carbonyl (C=O) groups excluding carboxylic acids is 5. The molecule has 2 N–H and O–H groups in total. The lowest BCUT2D eigenvalue weighted by Crippen LogP contribution is -2.54. The van der Waals surface area contributed by atoms with E-state index in [2.05, 4.69) is 30.4 Å². The van der Waals surface area contributed by atoms with E-state index in [0.717, 1.165) is 75.2 Å². The van der Waals surface area contributed by atoms with Crippen molar-refractivity contribution in [2.45, 2.75) is 56.7 Å². The molecule has 2 aromatic carbocycles. The Morgan fingerprint density at radius 1 is 0.931 bits per heavy atom. The van der Waals surface area contributed by atoms with Crippen molar-refractivity contribution >= 4 is 52.6 Å². The molecule has 0 radical (unpaired) electrons. The number of benzene rings is 2. The highest BCUT2D eigenvalue weighted by Crippen LogP contribution is 2.52. The average Bonchev–Trinajstić information content (AvgIpc) is 3.52. The van der Waals surface area contributed by atoms with Crippen molar-refractivity contribution in [2.24, 2.45) is 17.8 Å². The first-order valence-corrected chi connectivity index (χ1v) is 20.2. The molecule has 15 nitrogen and oxygen atoms in total. The van der Waals surface area contributed by atoms with E-state index in [4.69, 9.17) is 21.6 Å². The Morgan fingerprint density at radius 3 is 2.31 bits per heavy atom. The molecule has 2 unspecified atom stereocenters. The molecule has 3 aromatic rings. The van der Waals surface area contributed by atoms with Crippen molar-refractivity contribution in [3.05, 3.63) is 75.9 Å². The first kappa shape index (κ1) is 37.9. The minimum Gasteiger partial charge on any atom is -0.490 e. The molecule has 6 aliphatic rings. The molecule has 300 valence electrons. The van der Waals surface area contributed by atoms with E-state index in [9.17, 15) is 24.0 Å². The number of piperidine rings is 2. The molecule has 0 bridgehead atoms. The van der Waals surface area contributed by atoms with Crippen LogP contribution < -0.4 is 25.2 Å². The number of carbonyl (C=O) groups is 5. The van der Waals surface area contributed by atoms with Crippen molar-refractivity contribution in [3.63, 3.8) is 0 Å². The van der Waals surface area contributed by atoms with Gasteiger partial charge in [-0.3, -0.25) is 39.1 Å². The van der Waals surface area contributed by atoms with Crippen LogP contribution in [0.5, 0.6) is 5.75 Å². The molecule has 5 heterocycles. The van der Waals surface area contributed by atoms with E-state index >= 15 is 4.39 Å². The van der Waals surface area contributed by atoms with Gasteiger partial charge in [-0.1, -0.05) is 11.6 Å². The van der Waals surface area contributed by atoms with Crippen LogP contribution in [0.4, 0.5) is 15.9 Å². The van der Waals surface area contributed by atoms with Gasteiger partial charge < -0.3 is 19.9 Å². The van der Waals surface area contributed by atoms with E-state index in [1.807, 2.05) is 11.0 Å². The lowest BCUT2D eigenvalue weighted by Gasteiger charge is -2.36. The standard InChI is InChI=1S/C41H41ClFN9O6/c42-31-13-25(4-1-22(31)16-44)58-24-5-2-23(3-6-24)47-38(54)33-17-46-36(18-45-33)51-20-29-28(30(29)21-51)19-49-9-11-50(12-10-49)35-15-27-26(14-32(35)43)40(56)52(41(27)57)34-7-8-37(53)48-39(34)55/h1,4,13-15,17-18,23-24,28-30,34H,2-3,5-12,19-21H2,(H,47,54)(H,48,53,55)/t23?,24?,28?,29-,30+,34?. The Kier molecular flexibility index (Phi) is 9.97. The molecule has 3 saturated heterocycles. The Bertz CT molecular complexity index is 2230. The molecular formula is C41H41ClFN9O6. The van der Waals surface area contributed by atoms with Gasteiger partial charge in [0, 0.05) is 64.3 Å². The van der Waals surface area contributed by atoms with Gasteiger partial charge in [-0.2, -0.15) is 5.26 Å². The maximum absolute atomic E-state index is 15.4. The molecule has 4 aliphatic heterocycles. The Hall–Kier alpha value is -5.66. The number of ether oxygens (including phenoxy) is 1. The van der Waals surface area contributed by atoms with Gasteiger partial charge in [0.05, 0.1) is 45.9 Å². The van der Waals surface area contributed by atoms with Crippen molar-refractivity contribution in [3.8, 4) is 11.8 Å². The summed E-state index contributed by atoms with van der Waals surface area (Å²) in [5, 5.41) is 14.7. The van der Waals surface area contributed by atoms with Crippen LogP contribution in [0.2, 0.25) is 5.02 Å². The van der Waals surface area contributed by atoms with E-state index in [0.29, 0.717) is 47.2 Å². The highest BCUT2D eigenvalue weighted by atomic mass is 35.5. The SMILES string of the molecule is N#Cc1ccc(OC2CCC(NC(=O)c3cnc(N4C[C@@H]5C(CN6CCN(c7cc8c(cc7F)C(=O)N(C7CCC(=O)NC7=O)C8=O)CC6)[C@@H]5C4)cn3)CC2)cc1Cl. The Labute approximate surface area is 338 Å². The second kappa shape index (κ2) is 15.3. The van der Waals surface area contributed by atoms with Crippen molar-refractivity contribution in [1.82, 2.24) is 30.4 Å². The van der Waals surface area contributed by atoms with Gasteiger partial charge in [0.15, 0.2) is 0 Å². The zero-order valence-corrected chi connectivity index (χ0v) is 32.3. The Balaban J connectivity index is 0.712. The van der Waals surface area contributed by atoms with E-state index in [-0.39, 0.29) is 53.4 Å². The predicted molar refractivity (Wildman–Crippen MR) is 207 cm³/mol. The molecule has 1 aromatic heterocycles. The Morgan fingerprint density at radius 2 is 1.66 bits per heavy atom. The highest BCUT2D eigenvalue weighted by Gasteiger charge is 2.56. The third-order valence-corrected chi connectivity index (χ3v) is 12.9. The average molecular weight is 810 g/mol. The number of nitrogens with zero attached hydrogens (tertiary/aromatic N) is 7.